The maximum atomic E-state index is 13.1. The summed E-state index contributed by atoms with van der Waals surface area (Å²) in [6.45, 7) is 1.68. The van der Waals surface area contributed by atoms with Crippen LogP contribution in [-0.2, 0) is 0 Å². The molecule has 0 radical (unpaired) electrons. The second kappa shape index (κ2) is 5.32. The third kappa shape index (κ3) is 3.64. The molecule has 0 fully saturated rings. The molecule has 0 aliphatic rings. The van der Waals surface area contributed by atoms with E-state index in [2.05, 4.69) is 0 Å². The van der Waals surface area contributed by atoms with Gasteiger partial charge in [-0.1, -0.05) is 0 Å². The Morgan fingerprint density at radius 1 is 1.43 bits per heavy atom. The molecule has 1 nitrogen and oxygen atoms in total. The highest BCUT2D eigenvalue weighted by Crippen LogP contribution is 2.23. The molecule has 0 amide bonds. The van der Waals surface area contributed by atoms with E-state index in [-0.39, 0.29) is 6.10 Å². The van der Waals surface area contributed by atoms with Crippen LogP contribution in [0.4, 0.5) is 8.78 Å². The number of hydrogen-bond acceptors (Lipinski definition) is 2. The van der Waals surface area contributed by atoms with Gasteiger partial charge in [0.2, 0.25) is 0 Å². The molecule has 1 atom stereocenters. The van der Waals surface area contributed by atoms with Gasteiger partial charge in [0.05, 0.1) is 6.10 Å². The number of hydrogen-bond donors (Lipinski definition) is 1. The Morgan fingerprint density at radius 3 is 2.71 bits per heavy atom. The first-order valence-electron chi connectivity index (χ1n) is 4.35. The van der Waals surface area contributed by atoms with Crippen LogP contribution in [0.3, 0.4) is 0 Å². The van der Waals surface area contributed by atoms with Gasteiger partial charge in [-0.3, -0.25) is 0 Å². The third-order valence-corrected chi connectivity index (χ3v) is 2.77. The highest BCUT2D eigenvalue weighted by molar-refractivity contribution is 7.99. The average Bonchev–Trinajstić information content (AvgIpc) is 2.08. The van der Waals surface area contributed by atoms with Crippen molar-refractivity contribution in [2.75, 3.05) is 5.75 Å². The van der Waals surface area contributed by atoms with Gasteiger partial charge >= 0.3 is 0 Å². The van der Waals surface area contributed by atoms with Gasteiger partial charge in [0.15, 0.2) is 0 Å². The van der Waals surface area contributed by atoms with Crippen LogP contribution in [-0.4, -0.2) is 17.0 Å². The minimum Gasteiger partial charge on any atom is -0.393 e. The van der Waals surface area contributed by atoms with E-state index >= 15 is 0 Å². The highest BCUT2D eigenvalue weighted by atomic mass is 32.2. The normalized spacial score (nSPS) is 12.9. The molecule has 0 saturated carbocycles. The molecule has 0 saturated heterocycles. The fourth-order valence-corrected chi connectivity index (χ4v) is 1.97. The lowest BCUT2D eigenvalue weighted by molar-refractivity contribution is 0.192. The molecule has 4 heteroatoms. The summed E-state index contributed by atoms with van der Waals surface area (Å²) >= 11 is 1.28. The molecule has 0 aliphatic heterocycles. The Hall–Kier alpha value is -0.610. The zero-order valence-corrected chi connectivity index (χ0v) is 8.65. The van der Waals surface area contributed by atoms with Gasteiger partial charge in [0, 0.05) is 16.7 Å². The van der Waals surface area contributed by atoms with Crippen LogP contribution in [0.5, 0.6) is 0 Å². The lowest BCUT2D eigenvalue weighted by Crippen LogP contribution is -2.00. The summed E-state index contributed by atoms with van der Waals surface area (Å²) in [6.07, 6.45) is 0.215. The molecule has 0 aliphatic carbocycles. The summed E-state index contributed by atoms with van der Waals surface area (Å²) in [5.74, 6) is -0.483. The standard InChI is InChI=1S/C10H12F2OS/c1-7(13)4-5-14-10-3-2-8(11)6-9(10)12/h2-3,6-7,13H,4-5H2,1H3. The Balaban J connectivity index is 2.51. The first-order chi connectivity index (χ1) is 6.59. The third-order valence-electron chi connectivity index (χ3n) is 1.69. The number of aliphatic hydroxyl groups is 1. The number of rotatable bonds is 4. The molecule has 1 unspecified atom stereocenters. The Kier molecular flexibility index (Phi) is 4.35. The molecule has 1 aromatic rings. The fraction of sp³-hybridized carbons (Fsp3) is 0.400. The number of thioether (sulfide) groups is 1. The largest absolute Gasteiger partial charge is 0.393 e. The summed E-state index contributed by atoms with van der Waals surface area (Å²) in [5.41, 5.74) is 0. The van der Waals surface area contributed by atoms with Crippen LogP contribution < -0.4 is 0 Å². The van der Waals surface area contributed by atoms with E-state index in [1.807, 2.05) is 0 Å². The smallest absolute Gasteiger partial charge is 0.139 e. The van der Waals surface area contributed by atoms with Crippen LogP contribution in [0.2, 0.25) is 0 Å². The SMILES string of the molecule is CC(O)CCSc1ccc(F)cc1F. The van der Waals surface area contributed by atoms with Crippen LogP contribution >= 0.6 is 11.8 Å². The van der Waals surface area contributed by atoms with Crippen molar-refractivity contribution in [3.63, 3.8) is 0 Å². The van der Waals surface area contributed by atoms with Crippen molar-refractivity contribution in [2.24, 2.45) is 0 Å². The lowest BCUT2D eigenvalue weighted by atomic mass is 10.3. The van der Waals surface area contributed by atoms with Gasteiger partial charge in [-0.15, -0.1) is 11.8 Å². The predicted octanol–water partition coefficient (Wildman–Crippen LogP) is 2.83. The molecule has 78 valence electrons. The van der Waals surface area contributed by atoms with E-state index in [0.717, 1.165) is 6.07 Å². The number of halogens is 2. The summed E-state index contributed by atoms with van der Waals surface area (Å²) < 4.78 is 25.6. The molecule has 0 heterocycles. The van der Waals surface area contributed by atoms with Crippen LogP contribution in [0, 0.1) is 11.6 Å². The Morgan fingerprint density at radius 2 is 2.14 bits per heavy atom. The summed E-state index contributed by atoms with van der Waals surface area (Å²) in [4.78, 5) is 0.423. The summed E-state index contributed by atoms with van der Waals surface area (Å²) in [5, 5.41) is 8.98. The first kappa shape index (κ1) is 11.5. The van der Waals surface area contributed by atoms with Crippen molar-refractivity contribution < 1.29 is 13.9 Å². The van der Waals surface area contributed by atoms with E-state index in [1.165, 1.54) is 23.9 Å². The predicted molar refractivity (Wildman–Crippen MR) is 53.4 cm³/mol. The quantitative estimate of drug-likeness (QED) is 0.784. The zero-order chi connectivity index (χ0) is 10.6. The lowest BCUT2D eigenvalue weighted by Gasteiger charge is -2.04. The average molecular weight is 218 g/mol. The zero-order valence-electron chi connectivity index (χ0n) is 7.84. The van der Waals surface area contributed by atoms with Gasteiger partial charge in [0.1, 0.15) is 11.6 Å². The molecule has 14 heavy (non-hydrogen) atoms. The van der Waals surface area contributed by atoms with Crippen molar-refractivity contribution >= 4 is 11.8 Å². The van der Waals surface area contributed by atoms with Crippen LogP contribution in [0.1, 0.15) is 13.3 Å². The molecule has 1 aromatic carbocycles. The van der Waals surface area contributed by atoms with E-state index < -0.39 is 11.6 Å². The first-order valence-corrected chi connectivity index (χ1v) is 5.34. The second-order valence-electron chi connectivity index (χ2n) is 3.06. The Bertz CT molecular complexity index is 302. The number of benzene rings is 1. The van der Waals surface area contributed by atoms with E-state index in [4.69, 9.17) is 5.11 Å². The van der Waals surface area contributed by atoms with Crippen molar-refractivity contribution in [1.29, 1.82) is 0 Å². The van der Waals surface area contributed by atoms with Gasteiger partial charge in [-0.25, -0.2) is 8.78 Å². The van der Waals surface area contributed by atoms with Gasteiger partial charge in [-0.05, 0) is 25.5 Å². The molecule has 0 aromatic heterocycles. The minimum atomic E-state index is -0.567. The maximum absolute atomic E-state index is 13.1. The van der Waals surface area contributed by atoms with Crippen molar-refractivity contribution in [3.05, 3.63) is 29.8 Å². The summed E-state index contributed by atoms with van der Waals surface area (Å²) in [7, 11) is 0. The molecular formula is C10H12F2OS. The molecule has 0 spiro atoms. The maximum Gasteiger partial charge on any atom is 0.139 e. The molecule has 1 N–H and O–H groups in total. The van der Waals surface area contributed by atoms with Crippen LogP contribution in [0.25, 0.3) is 0 Å². The number of aliphatic hydroxyl groups excluding tert-OH is 1. The fourth-order valence-electron chi connectivity index (χ4n) is 0.932. The van der Waals surface area contributed by atoms with Crippen molar-refractivity contribution in [1.82, 2.24) is 0 Å². The molecule has 0 bridgehead atoms. The topological polar surface area (TPSA) is 20.2 Å². The van der Waals surface area contributed by atoms with E-state index in [0.29, 0.717) is 17.1 Å². The van der Waals surface area contributed by atoms with E-state index in [9.17, 15) is 8.78 Å². The van der Waals surface area contributed by atoms with E-state index in [1.54, 1.807) is 6.92 Å². The van der Waals surface area contributed by atoms with Crippen molar-refractivity contribution in [3.8, 4) is 0 Å². The molecule has 1 rings (SSSR count). The molecular weight excluding hydrogens is 206 g/mol. The van der Waals surface area contributed by atoms with Gasteiger partial charge in [0.25, 0.3) is 0 Å². The highest BCUT2D eigenvalue weighted by Gasteiger charge is 2.04. The van der Waals surface area contributed by atoms with Crippen molar-refractivity contribution in [2.45, 2.75) is 24.3 Å². The van der Waals surface area contributed by atoms with Crippen LogP contribution in [0.15, 0.2) is 23.1 Å². The minimum absolute atomic E-state index is 0.383. The van der Waals surface area contributed by atoms with Gasteiger partial charge < -0.3 is 5.11 Å². The second-order valence-corrected chi connectivity index (χ2v) is 4.20. The Labute approximate surface area is 86.1 Å². The monoisotopic (exact) mass is 218 g/mol. The van der Waals surface area contributed by atoms with Gasteiger partial charge in [-0.2, -0.15) is 0 Å². The summed E-state index contributed by atoms with van der Waals surface area (Å²) in [6, 6.07) is 3.51.